The fourth-order valence-electron chi connectivity index (χ4n) is 2.68. The Morgan fingerprint density at radius 3 is 2.25 bits per heavy atom. The van der Waals surface area contributed by atoms with Gasteiger partial charge in [0.05, 0.1) is 25.5 Å². The molecule has 2 amide bonds. The lowest BCUT2D eigenvalue weighted by atomic mass is 9.99. The summed E-state index contributed by atoms with van der Waals surface area (Å²) in [5.74, 6) is -3.42. The van der Waals surface area contributed by atoms with Gasteiger partial charge in [0.1, 0.15) is 12.0 Å². The largest absolute Gasteiger partial charge is 0.465 e. The Morgan fingerprint density at radius 1 is 1.04 bits per heavy atom. The molecule has 9 nitrogen and oxygen atoms in total. The molecular weight excluding hydrogens is 318 g/mol. The molecule has 0 aromatic heterocycles. The van der Waals surface area contributed by atoms with Crippen LogP contribution in [-0.2, 0) is 23.9 Å². The molecule has 1 aromatic carbocycles. The SMILES string of the molecule is COC(=O)C1=NN[C@@H]2C(=O)N(c3ccc(C(=O)OC)cc3)C(=O)[C@@H]12. The number of nitrogens with one attached hydrogen (secondary N) is 1. The lowest BCUT2D eigenvalue weighted by Crippen LogP contribution is -2.36. The van der Waals surface area contributed by atoms with E-state index in [9.17, 15) is 19.2 Å². The van der Waals surface area contributed by atoms with Crippen molar-refractivity contribution in [1.82, 2.24) is 5.43 Å². The van der Waals surface area contributed by atoms with Crippen molar-refractivity contribution in [3.63, 3.8) is 0 Å². The molecule has 2 aliphatic heterocycles. The smallest absolute Gasteiger partial charge is 0.355 e. The van der Waals surface area contributed by atoms with Crippen molar-refractivity contribution in [3.05, 3.63) is 29.8 Å². The van der Waals surface area contributed by atoms with Crippen molar-refractivity contribution in [1.29, 1.82) is 0 Å². The molecule has 0 saturated carbocycles. The number of carbonyl (C=O) groups excluding carboxylic acids is 4. The number of hydrogen-bond donors (Lipinski definition) is 1. The number of esters is 2. The van der Waals surface area contributed by atoms with Gasteiger partial charge in [0.15, 0.2) is 5.71 Å². The third kappa shape index (κ3) is 2.21. The molecule has 0 radical (unpaired) electrons. The van der Waals surface area contributed by atoms with E-state index in [1.807, 2.05) is 0 Å². The third-order valence-corrected chi connectivity index (χ3v) is 3.87. The van der Waals surface area contributed by atoms with E-state index < -0.39 is 35.7 Å². The number of methoxy groups -OCH3 is 2. The minimum atomic E-state index is -1.02. The molecule has 1 N–H and O–H groups in total. The van der Waals surface area contributed by atoms with Crippen molar-refractivity contribution >= 4 is 35.2 Å². The molecule has 9 heteroatoms. The highest BCUT2D eigenvalue weighted by molar-refractivity contribution is 6.46. The van der Waals surface area contributed by atoms with E-state index in [1.165, 1.54) is 38.5 Å². The zero-order chi connectivity index (χ0) is 17.4. The second-order valence-electron chi connectivity index (χ2n) is 5.12. The van der Waals surface area contributed by atoms with Gasteiger partial charge in [-0.15, -0.1) is 0 Å². The maximum atomic E-state index is 12.6. The molecule has 1 fully saturated rings. The summed E-state index contributed by atoms with van der Waals surface area (Å²) in [4.78, 5) is 49.1. The molecule has 2 aliphatic rings. The van der Waals surface area contributed by atoms with Gasteiger partial charge in [0, 0.05) is 0 Å². The molecule has 0 aliphatic carbocycles. The van der Waals surface area contributed by atoms with Crippen LogP contribution in [0, 0.1) is 5.92 Å². The highest BCUT2D eigenvalue weighted by Crippen LogP contribution is 2.30. The lowest BCUT2D eigenvalue weighted by molar-refractivity contribution is -0.133. The number of amides is 2. The van der Waals surface area contributed by atoms with E-state index in [-0.39, 0.29) is 17.0 Å². The summed E-state index contributed by atoms with van der Waals surface area (Å²) in [5, 5.41) is 3.73. The molecule has 1 saturated heterocycles. The van der Waals surface area contributed by atoms with Crippen LogP contribution < -0.4 is 10.3 Å². The summed E-state index contributed by atoms with van der Waals surface area (Å²) in [6.07, 6.45) is 0. The standard InChI is InChI=1S/C15H13N3O6/c1-23-14(21)7-3-5-8(6-4-7)18-12(19)9-10(13(18)20)16-17-11(9)15(22)24-2/h3-6,9-10,16H,1-2H3/t9-,10+/m1/s1. The monoisotopic (exact) mass is 331 g/mol. The third-order valence-electron chi connectivity index (χ3n) is 3.87. The van der Waals surface area contributed by atoms with Gasteiger partial charge in [-0.05, 0) is 24.3 Å². The molecule has 1 aromatic rings. The van der Waals surface area contributed by atoms with Crippen molar-refractivity contribution < 1.29 is 28.7 Å². The summed E-state index contributed by atoms with van der Waals surface area (Å²) in [5.41, 5.74) is 2.95. The number of rotatable bonds is 3. The summed E-state index contributed by atoms with van der Waals surface area (Å²) in [6.45, 7) is 0. The molecule has 0 spiro atoms. The number of nitrogens with zero attached hydrogens (tertiary/aromatic N) is 2. The van der Waals surface area contributed by atoms with Gasteiger partial charge in [-0.2, -0.15) is 5.10 Å². The van der Waals surface area contributed by atoms with Crippen LogP contribution in [0.1, 0.15) is 10.4 Å². The number of imide groups is 1. The second-order valence-corrected chi connectivity index (χ2v) is 5.12. The molecule has 3 rings (SSSR count). The Kier molecular flexibility index (Phi) is 3.76. The van der Waals surface area contributed by atoms with Gasteiger partial charge in [0.2, 0.25) is 5.91 Å². The molecule has 24 heavy (non-hydrogen) atoms. The second kappa shape index (κ2) is 5.76. The predicted molar refractivity (Wildman–Crippen MR) is 80.1 cm³/mol. The predicted octanol–water partition coefficient (Wildman–Crippen LogP) is -0.537. The summed E-state index contributed by atoms with van der Waals surface area (Å²) in [6, 6.07) is 4.86. The van der Waals surface area contributed by atoms with E-state index in [0.717, 1.165) is 4.90 Å². The Labute approximate surface area is 136 Å². The Bertz CT molecular complexity index is 770. The van der Waals surface area contributed by atoms with Crippen LogP contribution >= 0.6 is 0 Å². The fourth-order valence-corrected chi connectivity index (χ4v) is 2.68. The Hall–Kier alpha value is -3.23. The zero-order valence-electron chi connectivity index (χ0n) is 12.8. The van der Waals surface area contributed by atoms with E-state index in [2.05, 4.69) is 20.0 Å². The number of anilines is 1. The van der Waals surface area contributed by atoms with Crippen LogP contribution in [0.4, 0.5) is 5.69 Å². The summed E-state index contributed by atoms with van der Waals surface area (Å²) >= 11 is 0. The maximum Gasteiger partial charge on any atom is 0.355 e. The van der Waals surface area contributed by atoms with E-state index in [0.29, 0.717) is 0 Å². The van der Waals surface area contributed by atoms with Crippen LogP contribution in [0.15, 0.2) is 29.4 Å². The Balaban J connectivity index is 1.89. The van der Waals surface area contributed by atoms with Gasteiger partial charge >= 0.3 is 11.9 Å². The van der Waals surface area contributed by atoms with Crippen molar-refractivity contribution in [2.24, 2.45) is 11.0 Å². The van der Waals surface area contributed by atoms with Crippen molar-refractivity contribution in [2.45, 2.75) is 6.04 Å². The molecular formula is C15H13N3O6. The van der Waals surface area contributed by atoms with Gasteiger partial charge < -0.3 is 9.47 Å². The average Bonchev–Trinajstić information content (AvgIpc) is 3.14. The van der Waals surface area contributed by atoms with Crippen LogP contribution in [0.2, 0.25) is 0 Å². The first-order valence-electron chi connectivity index (χ1n) is 6.97. The van der Waals surface area contributed by atoms with Gasteiger partial charge in [-0.1, -0.05) is 0 Å². The summed E-state index contributed by atoms with van der Waals surface area (Å²) in [7, 11) is 2.42. The van der Waals surface area contributed by atoms with Crippen LogP contribution in [0.25, 0.3) is 0 Å². The van der Waals surface area contributed by atoms with Crippen LogP contribution in [-0.4, -0.2) is 49.7 Å². The number of carbonyl (C=O) groups is 4. The molecule has 2 heterocycles. The minimum absolute atomic E-state index is 0.130. The number of fused-ring (bicyclic) bond motifs is 1. The van der Waals surface area contributed by atoms with Crippen molar-refractivity contribution in [3.8, 4) is 0 Å². The van der Waals surface area contributed by atoms with Gasteiger partial charge in [-0.25, -0.2) is 14.5 Å². The number of benzene rings is 1. The Morgan fingerprint density at radius 2 is 1.67 bits per heavy atom. The average molecular weight is 331 g/mol. The number of hydrazone groups is 1. The zero-order valence-corrected chi connectivity index (χ0v) is 12.8. The van der Waals surface area contributed by atoms with E-state index in [4.69, 9.17) is 0 Å². The highest BCUT2D eigenvalue weighted by atomic mass is 16.5. The highest BCUT2D eigenvalue weighted by Gasteiger charge is 2.55. The lowest BCUT2D eigenvalue weighted by Gasteiger charge is -2.15. The van der Waals surface area contributed by atoms with E-state index >= 15 is 0 Å². The number of hydrogen-bond acceptors (Lipinski definition) is 8. The van der Waals surface area contributed by atoms with Gasteiger partial charge in [-0.3, -0.25) is 15.0 Å². The number of ether oxygens (including phenoxy) is 2. The van der Waals surface area contributed by atoms with Crippen LogP contribution in [0.3, 0.4) is 0 Å². The maximum absolute atomic E-state index is 12.6. The molecule has 0 unspecified atom stereocenters. The van der Waals surface area contributed by atoms with Crippen LogP contribution in [0.5, 0.6) is 0 Å². The minimum Gasteiger partial charge on any atom is -0.465 e. The molecule has 2 atom stereocenters. The van der Waals surface area contributed by atoms with E-state index in [1.54, 1.807) is 0 Å². The normalized spacial score (nSPS) is 21.9. The first kappa shape index (κ1) is 15.7. The quantitative estimate of drug-likeness (QED) is 0.584. The van der Waals surface area contributed by atoms with Crippen molar-refractivity contribution in [2.75, 3.05) is 19.1 Å². The first-order valence-corrected chi connectivity index (χ1v) is 6.97. The van der Waals surface area contributed by atoms with Gasteiger partial charge in [0.25, 0.3) is 5.91 Å². The topological polar surface area (TPSA) is 114 Å². The molecule has 124 valence electrons. The fraction of sp³-hybridized carbons (Fsp3) is 0.267. The first-order chi connectivity index (χ1) is 11.5. The summed E-state index contributed by atoms with van der Waals surface area (Å²) < 4.78 is 9.17. The molecule has 0 bridgehead atoms.